The molecule has 5 rings (SSSR count). The maximum Gasteiger partial charge on any atom is 0.254 e. The van der Waals surface area contributed by atoms with Crippen molar-refractivity contribution in [3.63, 3.8) is 0 Å². The number of aromatic amines is 1. The topological polar surface area (TPSA) is 82.2 Å². The van der Waals surface area contributed by atoms with E-state index < -0.39 is 0 Å². The third-order valence-electron chi connectivity index (χ3n) is 6.89. The monoisotopic (exact) mass is 407 g/mol. The highest BCUT2D eigenvalue weighted by Crippen LogP contribution is 2.31. The van der Waals surface area contributed by atoms with Crippen molar-refractivity contribution in [1.82, 2.24) is 24.8 Å². The molecule has 0 spiro atoms. The molecule has 4 heterocycles. The van der Waals surface area contributed by atoms with Crippen LogP contribution in [0.3, 0.4) is 0 Å². The molecule has 1 saturated carbocycles. The van der Waals surface area contributed by atoms with Gasteiger partial charge in [-0.2, -0.15) is 0 Å². The lowest BCUT2D eigenvalue weighted by molar-refractivity contribution is -0.134. The van der Waals surface area contributed by atoms with E-state index in [1.54, 1.807) is 6.20 Å². The molecule has 0 radical (unpaired) electrons. The predicted molar refractivity (Wildman–Crippen MR) is 113 cm³/mol. The van der Waals surface area contributed by atoms with Crippen LogP contribution < -0.4 is 5.56 Å². The van der Waals surface area contributed by atoms with Gasteiger partial charge in [0.2, 0.25) is 5.91 Å². The van der Waals surface area contributed by atoms with Crippen LogP contribution in [0.15, 0.2) is 29.3 Å². The van der Waals surface area contributed by atoms with Gasteiger partial charge in [0, 0.05) is 62.5 Å². The lowest BCUT2D eigenvalue weighted by Crippen LogP contribution is -2.36. The second-order valence-corrected chi connectivity index (χ2v) is 8.95. The van der Waals surface area contributed by atoms with E-state index in [2.05, 4.69) is 20.9 Å². The van der Waals surface area contributed by atoms with Crippen molar-refractivity contribution in [2.75, 3.05) is 19.6 Å². The van der Waals surface area contributed by atoms with Crippen LogP contribution >= 0.6 is 0 Å². The molecule has 30 heavy (non-hydrogen) atoms. The summed E-state index contributed by atoms with van der Waals surface area (Å²) in [4.78, 5) is 41.9. The molecule has 2 aromatic rings. The van der Waals surface area contributed by atoms with Crippen LogP contribution in [0.4, 0.5) is 0 Å². The molecule has 7 heteroatoms. The summed E-state index contributed by atoms with van der Waals surface area (Å²) in [6.45, 7) is 3.78. The highest BCUT2D eigenvalue weighted by atomic mass is 16.2. The Bertz CT molecular complexity index is 967. The Morgan fingerprint density at radius 3 is 2.87 bits per heavy atom. The van der Waals surface area contributed by atoms with E-state index in [0.717, 1.165) is 62.4 Å². The van der Waals surface area contributed by atoms with Crippen molar-refractivity contribution in [2.24, 2.45) is 5.92 Å². The molecule has 7 nitrogen and oxygen atoms in total. The van der Waals surface area contributed by atoms with Gasteiger partial charge in [-0.1, -0.05) is 18.9 Å². The SMILES string of the molecule is O=C(C1CCCC1)N1CC[C@H](c2nc3c(c(=O)[nH]2)CCN(Cc2cccnc2)C3)C1. The summed E-state index contributed by atoms with van der Waals surface area (Å²) in [5, 5.41) is 0. The van der Waals surface area contributed by atoms with E-state index in [0.29, 0.717) is 19.0 Å². The van der Waals surface area contributed by atoms with Crippen molar-refractivity contribution in [3.8, 4) is 0 Å². The second-order valence-electron chi connectivity index (χ2n) is 8.95. The van der Waals surface area contributed by atoms with Gasteiger partial charge in [0.15, 0.2) is 0 Å². The highest BCUT2D eigenvalue weighted by Gasteiger charge is 2.34. The molecule has 1 atom stereocenters. The number of carbonyl (C=O) groups is 1. The second kappa shape index (κ2) is 8.30. The van der Waals surface area contributed by atoms with Gasteiger partial charge in [-0.3, -0.25) is 19.5 Å². The number of pyridine rings is 1. The third-order valence-corrected chi connectivity index (χ3v) is 6.89. The molecule has 2 fully saturated rings. The van der Waals surface area contributed by atoms with Gasteiger partial charge in [0.1, 0.15) is 5.82 Å². The Morgan fingerprint density at radius 1 is 1.20 bits per heavy atom. The number of fused-ring (bicyclic) bond motifs is 1. The summed E-state index contributed by atoms with van der Waals surface area (Å²) in [6.07, 6.45) is 9.66. The number of likely N-dealkylation sites (tertiary alicyclic amines) is 1. The summed E-state index contributed by atoms with van der Waals surface area (Å²) in [6, 6.07) is 4.03. The van der Waals surface area contributed by atoms with E-state index >= 15 is 0 Å². The molecule has 1 aliphatic carbocycles. The summed E-state index contributed by atoms with van der Waals surface area (Å²) in [5.41, 5.74) is 2.88. The van der Waals surface area contributed by atoms with Gasteiger partial charge < -0.3 is 9.88 Å². The summed E-state index contributed by atoms with van der Waals surface area (Å²) in [5.74, 6) is 1.39. The Labute approximate surface area is 176 Å². The standard InChI is InChI=1S/C23H29N5O2/c29-22-19-8-10-27(13-16-4-3-9-24-12-16)15-20(19)25-21(26-22)18-7-11-28(14-18)23(30)17-5-1-2-6-17/h3-4,9,12,17-18H,1-2,5-8,10-11,13-15H2,(H,25,26,29)/t18-/m0/s1. The Balaban J connectivity index is 1.29. The zero-order valence-electron chi connectivity index (χ0n) is 17.3. The van der Waals surface area contributed by atoms with Crippen LogP contribution in [0.2, 0.25) is 0 Å². The van der Waals surface area contributed by atoms with E-state index in [9.17, 15) is 9.59 Å². The van der Waals surface area contributed by atoms with Gasteiger partial charge in [-0.25, -0.2) is 4.98 Å². The van der Waals surface area contributed by atoms with Crippen molar-refractivity contribution in [3.05, 3.63) is 57.5 Å². The molecule has 1 N–H and O–H groups in total. The lowest BCUT2D eigenvalue weighted by atomic mass is 10.0. The van der Waals surface area contributed by atoms with Crippen molar-refractivity contribution < 1.29 is 4.79 Å². The molecule has 3 aliphatic rings. The minimum absolute atomic E-state index is 0.00315. The minimum Gasteiger partial charge on any atom is -0.342 e. The summed E-state index contributed by atoms with van der Waals surface area (Å²) < 4.78 is 0. The lowest BCUT2D eigenvalue weighted by Gasteiger charge is -2.28. The largest absolute Gasteiger partial charge is 0.342 e. The molecular weight excluding hydrogens is 378 g/mol. The molecule has 1 saturated heterocycles. The number of aromatic nitrogens is 3. The quantitative estimate of drug-likeness (QED) is 0.841. The molecule has 2 aromatic heterocycles. The number of rotatable bonds is 4. The normalized spacial score (nSPS) is 22.4. The number of amides is 1. The average molecular weight is 408 g/mol. The van der Waals surface area contributed by atoms with Crippen molar-refractivity contribution in [2.45, 2.75) is 57.5 Å². The first-order valence-electron chi connectivity index (χ1n) is 11.2. The summed E-state index contributed by atoms with van der Waals surface area (Å²) in [7, 11) is 0. The van der Waals surface area contributed by atoms with Crippen LogP contribution in [0.1, 0.15) is 60.7 Å². The fourth-order valence-electron chi connectivity index (χ4n) is 5.21. The smallest absolute Gasteiger partial charge is 0.254 e. The van der Waals surface area contributed by atoms with Gasteiger partial charge >= 0.3 is 0 Å². The zero-order valence-corrected chi connectivity index (χ0v) is 17.3. The van der Waals surface area contributed by atoms with E-state index in [-0.39, 0.29) is 17.4 Å². The van der Waals surface area contributed by atoms with Crippen LogP contribution in [0, 0.1) is 5.92 Å². The van der Waals surface area contributed by atoms with Gasteiger partial charge in [-0.15, -0.1) is 0 Å². The number of nitrogens with one attached hydrogen (secondary N) is 1. The molecule has 2 aliphatic heterocycles. The van der Waals surface area contributed by atoms with E-state index in [1.165, 1.54) is 18.4 Å². The molecule has 0 bridgehead atoms. The van der Waals surface area contributed by atoms with Gasteiger partial charge in [-0.05, 0) is 37.3 Å². The van der Waals surface area contributed by atoms with Crippen LogP contribution in [-0.4, -0.2) is 50.3 Å². The molecule has 1 amide bonds. The first-order valence-corrected chi connectivity index (χ1v) is 11.2. The van der Waals surface area contributed by atoms with Crippen LogP contribution in [0.5, 0.6) is 0 Å². The number of nitrogens with zero attached hydrogens (tertiary/aromatic N) is 4. The van der Waals surface area contributed by atoms with Crippen LogP contribution in [0.25, 0.3) is 0 Å². The minimum atomic E-state index is -0.00315. The predicted octanol–water partition coefficient (Wildman–Crippen LogP) is 2.23. The van der Waals surface area contributed by atoms with Crippen molar-refractivity contribution >= 4 is 5.91 Å². The van der Waals surface area contributed by atoms with E-state index in [4.69, 9.17) is 4.98 Å². The average Bonchev–Trinajstić information content (AvgIpc) is 3.46. The fraction of sp³-hybridized carbons (Fsp3) is 0.565. The first kappa shape index (κ1) is 19.4. The molecular formula is C23H29N5O2. The van der Waals surface area contributed by atoms with Crippen LogP contribution in [-0.2, 0) is 24.3 Å². The molecule has 158 valence electrons. The number of hydrogen-bond donors (Lipinski definition) is 1. The number of carbonyl (C=O) groups excluding carboxylic acids is 1. The Kier molecular flexibility index (Phi) is 5.37. The van der Waals surface area contributed by atoms with Crippen molar-refractivity contribution in [1.29, 1.82) is 0 Å². The zero-order chi connectivity index (χ0) is 20.5. The van der Waals surface area contributed by atoms with Gasteiger partial charge in [0.05, 0.1) is 5.69 Å². The molecule has 0 unspecified atom stereocenters. The number of H-pyrrole nitrogens is 1. The summed E-state index contributed by atoms with van der Waals surface area (Å²) >= 11 is 0. The maximum absolute atomic E-state index is 12.8. The fourth-order valence-corrected chi connectivity index (χ4v) is 5.21. The third kappa shape index (κ3) is 3.90. The van der Waals surface area contributed by atoms with Gasteiger partial charge in [0.25, 0.3) is 5.56 Å². The Hall–Kier alpha value is -2.54. The maximum atomic E-state index is 12.8. The first-order chi connectivity index (χ1) is 14.7. The molecule has 0 aromatic carbocycles. The number of hydrogen-bond acceptors (Lipinski definition) is 5. The van der Waals surface area contributed by atoms with E-state index in [1.807, 2.05) is 17.2 Å². The highest BCUT2D eigenvalue weighted by molar-refractivity contribution is 5.79. The Morgan fingerprint density at radius 2 is 2.07 bits per heavy atom.